The molecule has 104 valence electrons. The van der Waals surface area contributed by atoms with E-state index in [0.717, 1.165) is 38.4 Å². The van der Waals surface area contributed by atoms with Crippen LogP contribution in [0.2, 0.25) is 0 Å². The van der Waals surface area contributed by atoms with Crippen LogP contribution in [0, 0.1) is 0 Å². The third-order valence-corrected chi connectivity index (χ3v) is 4.77. The maximum atomic E-state index is 5.37. The number of nitrogens with zero attached hydrogens (tertiary/aromatic N) is 2. The molecule has 3 heterocycles. The monoisotopic (exact) mass is 253 g/mol. The molecule has 0 radical (unpaired) electrons. The highest BCUT2D eigenvalue weighted by molar-refractivity contribution is 4.95. The van der Waals surface area contributed by atoms with Gasteiger partial charge < -0.3 is 10.1 Å². The van der Waals surface area contributed by atoms with Gasteiger partial charge in [0.15, 0.2) is 0 Å². The van der Waals surface area contributed by atoms with Crippen LogP contribution in [0.5, 0.6) is 0 Å². The van der Waals surface area contributed by atoms with Gasteiger partial charge in [-0.1, -0.05) is 0 Å². The number of nitrogens with one attached hydrogen (secondary N) is 1. The zero-order chi connectivity index (χ0) is 12.2. The van der Waals surface area contributed by atoms with Crippen molar-refractivity contribution < 1.29 is 4.74 Å². The third kappa shape index (κ3) is 3.05. The summed E-state index contributed by atoms with van der Waals surface area (Å²) in [6.07, 6.45) is 5.48. The second-order valence-corrected chi connectivity index (χ2v) is 5.90. The van der Waals surface area contributed by atoms with Crippen molar-refractivity contribution in [2.24, 2.45) is 0 Å². The van der Waals surface area contributed by atoms with E-state index in [0.29, 0.717) is 0 Å². The molecule has 3 aliphatic heterocycles. The molecule has 2 unspecified atom stereocenters. The van der Waals surface area contributed by atoms with Gasteiger partial charge in [-0.3, -0.25) is 9.80 Å². The first-order valence-electron chi connectivity index (χ1n) is 7.71. The largest absolute Gasteiger partial charge is 0.379 e. The molecule has 3 saturated heterocycles. The first-order valence-corrected chi connectivity index (χ1v) is 7.71. The SMILES string of the molecule is C(CNC1CCN2CCCC12)CN1CCOCC1. The molecule has 3 fully saturated rings. The lowest BCUT2D eigenvalue weighted by atomic mass is 10.1. The minimum Gasteiger partial charge on any atom is -0.379 e. The topological polar surface area (TPSA) is 27.7 Å². The summed E-state index contributed by atoms with van der Waals surface area (Å²) in [4.78, 5) is 5.21. The van der Waals surface area contributed by atoms with E-state index >= 15 is 0 Å². The molecular formula is C14H27N3O. The van der Waals surface area contributed by atoms with Gasteiger partial charge in [0.05, 0.1) is 13.2 Å². The lowest BCUT2D eigenvalue weighted by Crippen LogP contribution is -2.41. The zero-order valence-corrected chi connectivity index (χ0v) is 11.4. The Bertz CT molecular complexity index is 255. The summed E-state index contributed by atoms with van der Waals surface area (Å²) in [5.41, 5.74) is 0. The van der Waals surface area contributed by atoms with Gasteiger partial charge in [-0.05, 0) is 45.3 Å². The fraction of sp³-hybridized carbons (Fsp3) is 1.00. The van der Waals surface area contributed by atoms with E-state index in [1.54, 1.807) is 0 Å². The van der Waals surface area contributed by atoms with Gasteiger partial charge in [-0.25, -0.2) is 0 Å². The molecule has 0 saturated carbocycles. The number of morpholine rings is 1. The van der Waals surface area contributed by atoms with Gasteiger partial charge in [0.25, 0.3) is 0 Å². The maximum Gasteiger partial charge on any atom is 0.0594 e. The number of ether oxygens (including phenoxy) is 1. The standard InChI is InChI=1S/C14H27N3O/c1-3-14-13(4-8-17(14)7-1)15-5-2-6-16-9-11-18-12-10-16/h13-15H,1-12H2. The molecule has 2 atom stereocenters. The van der Waals surface area contributed by atoms with Gasteiger partial charge >= 0.3 is 0 Å². The molecule has 0 aromatic heterocycles. The molecule has 0 amide bonds. The minimum atomic E-state index is 0.775. The highest BCUT2D eigenvalue weighted by Gasteiger charge is 2.36. The fourth-order valence-electron chi connectivity index (χ4n) is 3.74. The molecule has 1 N–H and O–H groups in total. The number of hydrogen-bond acceptors (Lipinski definition) is 4. The van der Waals surface area contributed by atoms with Crippen LogP contribution in [0.1, 0.15) is 25.7 Å². The lowest BCUT2D eigenvalue weighted by Gasteiger charge is -2.27. The van der Waals surface area contributed by atoms with E-state index in [9.17, 15) is 0 Å². The van der Waals surface area contributed by atoms with E-state index in [2.05, 4.69) is 15.1 Å². The summed E-state index contributed by atoms with van der Waals surface area (Å²) < 4.78 is 5.37. The molecule has 18 heavy (non-hydrogen) atoms. The summed E-state index contributed by atoms with van der Waals surface area (Å²) >= 11 is 0. The summed E-state index contributed by atoms with van der Waals surface area (Å²) in [6.45, 7) is 9.19. The quantitative estimate of drug-likeness (QED) is 0.724. The summed E-state index contributed by atoms with van der Waals surface area (Å²) in [5, 5.41) is 3.79. The molecule has 0 aromatic rings. The van der Waals surface area contributed by atoms with Crippen LogP contribution >= 0.6 is 0 Å². The van der Waals surface area contributed by atoms with Crippen molar-refractivity contribution in [3.05, 3.63) is 0 Å². The molecule has 3 aliphatic rings. The average molecular weight is 253 g/mol. The normalized spacial score (nSPS) is 34.0. The van der Waals surface area contributed by atoms with Crippen LogP contribution in [0.25, 0.3) is 0 Å². The van der Waals surface area contributed by atoms with Crippen molar-refractivity contribution in [3.8, 4) is 0 Å². The Hall–Kier alpha value is -0.160. The van der Waals surface area contributed by atoms with Crippen LogP contribution in [-0.2, 0) is 4.74 Å². The predicted molar refractivity (Wildman–Crippen MR) is 72.9 cm³/mol. The predicted octanol–water partition coefficient (Wildman–Crippen LogP) is 0.535. The summed E-state index contributed by atoms with van der Waals surface area (Å²) in [6, 6.07) is 1.63. The second kappa shape index (κ2) is 6.33. The van der Waals surface area contributed by atoms with Gasteiger partial charge in [0.1, 0.15) is 0 Å². The van der Waals surface area contributed by atoms with Crippen molar-refractivity contribution in [1.29, 1.82) is 0 Å². The van der Waals surface area contributed by atoms with Crippen LogP contribution < -0.4 is 5.32 Å². The van der Waals surface area contributed by atoms with Crippen LogP contribution in [-0.4, -0.2) is 74.4 Å². The molecule has 4 nitrogen and oxygen atoms in total. The molecule has 0 spiro atoms. The number of hydrogen-bond donors (Lipinski definition) is 1. The maximum absolute atomic E-state index is 5.37. The molecule has 0 aliphatic carbocycles. The first-order chi connectivity index (χ1) is 8.93. The summed E-state index contributed by atoms with van der Waals surface area (Å²) in [5.74, 6) is 0. The number of rotatable bonds is 5. The lowest BCUT2D eigenvalue weighted by molar-refractivity contribution is 0.0373. The van der Waals surface area contributed by atoms with Gasteiger partial charge in [0.2, 0.25) is 0 Å². The van der Waals surface area contributed by atoms with E-state index in [1.165, 1.54) is 51.9 Å². The first kappa shape index (κ1) is 12.9. The Balaban J connectivity index is 1.30. The van der Waals surface area contributed by atoms with Crippen LogP contribution in [0.15, 0.2) is 0 Å². The highest BCUT2D eigenvalue weighted by atomic mass is 16.5. The Morgan fingerprint density at radius 1 is 1.06 bits per heavy atom. The molecular weight excluding hydrogens is 226 g/mol. The minimum absolute atomic E-state index is 0.775. The average Bonchev–Trinajstić information content (AvgIpc) is 3.00. The Kier molecular flexibility index (Phi) is 4.52. The van der Waals surface area contributed by atoms with Gasteiger partial charge in [-0.2, -0.15) is 0 Å². The second-order valence-electron chi connectivity index (χ2n) is 5.90. The van der Waals surface area contributed by atoms with Crippen molar-refractivity contribution in [2.45, 2.75) is 37.8 Å². The van der Waals surface area contributed by atoms with Crippen molar-refractivity contribution >= 4 is 0 Å². The smallest absolute Gasteiger partial charge is 0.0594 e. The zero-order valence-electron chi connectivity index (χ0n) is 11.4. The molecule has 3 rings (SSSR count). The Morgan fingerprint density at radius 2 is 1.94 bits per heavy atom. The number of fused-ring (bicyclic) bond motifs is 1. The highest BCUT2D eigenvalue weighted by Crippen LogP contribution is 2.27. The molecule has 0 aromatic carbocycles. The third-order valence-electron chi connectivity index (χ3n) is 4.77. The molecule has 0 bridgehead atoms. The Labute approximate surface area is 111 Å². The fourth-order valence-corrected chi connectivity index (χ4v) is 3.74. The van der Waals surface area contributed by atoms with E-state index in [1.807, 2.05) is 0 Å². The van der Waals surface area contributed by atoms with Gasteiger partial charge in [0, 0.05) is 31.7 Å². The van der Waals surface area contributed by atoms with Crippen molar-refractivity contribution in [1.82, 2.24) is 15.1 Å². The van der Waals surface area contributed by atoms with E-state index < -0.39 is 0 Å². The Morgan fingerprint density at radius 3 is 2.83 bits per heavy atom. The van der Waals surface area contributed by atoms with Crippen LogP contribution in [0.3, 0.4) is 0 Å². The van der Waals surface area contributed by atoms with E-state index in [4.69, 9.17) is 4.74 Å². The van der Waals surface area contributed by atoms with Gasteiger partial charge in [-0.15, -0.1) is 0 Å². The van der Waals surface area contributed by atoms with Crippen LogP contribution in [0.4, 0.5) is 0 Å². The van der Waals surface area contributed by atoms with Crippen molar-refractivity contribution in [3.63, 3.8) is 0 Å². The van der Waals surface area contributed by atoms with Crippen molar-refractivity contribution in [2.75, 3.05) is 52.5 Å². The summed E-state index contributed by atoms with van der Waals surface area (Å²) in [7, 11) is 0. The molecule has 4 heteroatoms. The van der Waals surface area contributed by atoms with E-state index in [-0.39, 0.29) is 0 Å².